The molecule has 0 saturated heterocycles. The first-order valence-electron chi connectivity index (χ1n) is 19.6. The van der Waals surface area contributed by atoms with Crippen molar-refractivity contribution in [2.24, 2.45) is 7.05 Å². The van der Waals surface area contributed by atoms with Crippen LogP contribution in [0.1, 0.15) is 50.7 Å². The Morgan fingerprint density at radius 1 is 0.914 bits per heavy atom. The minimum absolute atomic E-state index is 0.129. The average Bonchev–Trinajstić information content (AvgIpc) is 3.72. The molecule has 3 heterocycles. The fraction of sp³-hybridized carbons (Fsp3) is 0.304. The van der Waals surface area contributed by atoms with Crippen LogP contribution in [0.4, 0.5) is 11.4 Å². The molecule has 0 aliphatic carbocycles. The molecule has 300 valence electrons. The Labute approximate surface area is 339 Å². The monoisotopic (exact) mass is 800 g/mol. The van der Waals surface area contributed by atoms with E-state index >= 15 is 0 Å². The predicted molar refractivity (Wildman–Crippen MR) is 231 cm³/mol. The molecule has 11 nitrogen and oxygen atoms in total. The average molecular weight is 801 g/mol. The number of aryl methyl sites for hydroxylation is 2. The molecule has 2 aliphatic rings. The van der Waals surface area contributed by atoms with Gasteiger partial charge in [-0.25, -0.2) is 0 Å². The Morgan fingerprint density at radius 2 is 1.66 bits per heavy atom. The number of benzene rings is 4. The highest BCUT2D eigenvalue weighted by Crippen LogP contribution is 2.45. The van der Waals surface area contributed by atoms with Crippen molar-refractivity contribution in [1.82, 2.24) is 14.8 Å². The topological polar surface area (TPSA) is 132 Å². The van der Waals surface area contributed by atoms with Gasteiger partial charge >= 0.3 is 0 Å². The molecular formula is C46H50N5O6S+. The highest BCUT2D eigenvalue weighted by molar-refractivity contribution is 7.85. The lowest BCUT2D eigenvalue weighted by molar-refractivity contribution is -0.438. The third-order valence-electron chi connectivity index (χ3n) is 11.5. The Balaban J connectivity index is 1.14. The second kappa shape index (κ2) is 15.8. The van der Waals surface area contributed by atoms with Crippen molar-refractivity contribution in [2.45, 2.75) is 56.8 Å². The summed E-state index contributed by atoms with van der Waals surface area (Å²) in [5.41, 5.74) is 5.60. The molecule has 0 fully saturated rings. The van der Waals surface area contributed by atoms with Gasteiger partial charge in [0.25, 0.3) is 21.9 Å². The first-order valence-corrected chi connectivity index (χ1v) is 21.1. The zero-order valence-electron chi connectivity index (χ0n) is 33.9. The number of carbonyl (C=O) groups is 3. The van der Waals surface area contributed by atoms with Crippen LogP contribution in [0.3, 0.4) is 0 Å². The Bertz CT molecular complexity index is 2790. The van der Waals surface area contributed by atoms with Crippen LogP contribution >= 0.6 is 0 Å². The summed E-state index contributed by atoms with van der Waals surface area (Å²) in [6.45, 7) is 7.15. The predicted octanol–water partition coefficient (Wildman–Crippen LogP) is 6.40. The van der Waals surface area contributed by atoms with Crippen molar-refractivity contribution in [3.05, 3.63) is 108 Å². The highest BCUT2D eigenvalue weighted by Gasteiger charge is 2.45. The summed E-state index contributed by atoms with van der Waals surface area (Å²) >= 11 is 0. The number of aromatic nitrogens is 1. The first-order chi connectivity index (χ1) is 27.6. The first kappa shape index (κ1) is 40.4. The number of rotatable bonds is 14. The van der Waals surface area contributed by atoms with E-state index < -0.39 is 15.5 Å². The van der Waals surface area contributed by atoms with E-state index in [1.165, 1.54) is 45.6 Å². The zero-order chi connectivity index (χ0) is 41.5. The fourth-order valence-corrected chi connectivity index (χ4v) is 9.24. The van der Waals surface area contributed by atoms with Crippen molar-refractivity contribution in [1.29, 1.82) is 0 Å². The van der Waals surface area contributed by atoms with Gasteiger partial charge in [0.1, 0.15) is 6.54 Å². The molecule has 0 saturated carbocycles. The van der Waals surface area contributed by atoms with Gasteiger partial charge in [-0.05, 0) is 86.4 Å². The summed E-state index contributed by atoms with van der Waals surface area (Å²) in [5.74, 6) is -0.865. The lowest BCUT2D eigenvalue weighted by atomic mass is 9.78. The van der Waals surface area contributed by atoms with E-state index in [4.69, 9.17) is 0 Å². The van der Waals surface area contributed by atoms with Gasteiger partial charge in [-0.2, -0.15) is 13.0 Å². The second-order valence-corrected chi connectivity index (χ2v) is 17.3. The van der Waals surface area contributed by atoms with Crippen LogP contribution < -0.4 is 15.6 Å². The maximum Gasteiger partial charge on any atom is 0.294 e. The smallest absolute Gasteiger partial charge is 0.294 e. The number of nitrogens with one attached hydrogen (secondary N) is 1. The van der Waals surface area contributed by atoms with Crippen LogP contribution in [0.15, 0.2) is 95.9 Å². The van der Waals surface area contributed by atoms with Crippen LogP contribution in [-0.2, 0) is 37.0 Å². The summed E-state index contributed by atoms with van der Waals surface area (Å²) in [6, 6.07) is 18.0. The third kappa shape index (κ3) is 7.49. The molecule has 2 aliphatic heterocycles. The molecule has 12 heteroatoms. The molecule has 0 spiro atoms. The van der Waals surface area contributed by atoms with Gasteiger partial charge in [-0.3, -0.25) is 23.8 Å². The minimum atomic E-state index is -4.43. The second-order valence-electron chi connectivity index (χ2n) is 15.8. The number of unbranched alkanes of at least 4 members (excludes halogenated alkanes) is 2. The molecule has 3 amide bonds. The molecule has 0 unspecified atom stereocenters. The lowest BCUT2D eigenvalue weighted by Crippen LogP contribution is -2.38. The summed E-state index contributed by atoms with van der Waals surface area (Å²) < 4.78 is 39.2. The lowest BCUT2D eigenvalue weighted by Gasteiger charge is -2.18. The number of imide groups is 1. The number of allylic oxidation sites excluding steroid dienone is 4. The van der Waals surface area contributed by atoms with Gasteiger partial charge in [0.05, 0.1) is 10.3 Å². The number of fused-ring (bicyclic) bond motifs is 3. The van der Waals surface area contributed by atoms with E-state index in [1.807, 2.05) is 25.1 Å². The molecule has 5 aromatic rings. The van der Waals surface area contributed by atoms with Crippen molar-refractivity contribution in [2.75, 3.05) is 38.6 Å². The molecule has 4 aromatic carbocycles. The molecular weight excluding hydrogens is 751 g/mol. The normalized spacial score (nSPS) is 15.8. The van der Waals surface area contributed by atoms with Gasteiger partial charge in [-0.15, -0.1) is 0 Å². The molecule has 0 radical (unpaired) electrons. The van der Waals surface area contributed by atoms with Crippen LogP contribution in [0.5, 0.6) is 0 Å². The van der Waals surface area contributed by atoms with Gasteiger partial charge in [0.15, 0.2) is 5.71 Å². The number of nitrogens with zero attached hydrogens (tertiary/aromatic N) is 4. The number of anilines is 1. The maximum absolute atomic E-state index is 12.6. The quantitative estimate of drug-likeness (QED) is 0.0437. The Hall–Kier alpha value is -5.85. The minimum Gasteiger partial charge on any atom is -0.377 e. The molecule has 58 heavy (non-hydrogen) atoms. The maximum atomic E-state index is 12.6. The van der Waals surface area contributed by atoms with Crippen molar-refractivity contribution in [3.8, 4) is 0 Å². The largest absolute Gasteiger partial charge is 0.377 e. The SMILES string of the molecule is Cc1cc(S(=O)(=O)O)cc2c3c(ccc12)[N+](CCCCCC(=O)NCCN1C(=O)C=CC1=O)=C(C=CC=CC=c1c2cccc4c(N(C)C)ccc(c42)n1C)C3(C)C. The summed E-state index contributed by atoms with van der Waals surface area (Å²) in [4.78, 5) is 39.2. The third-order valence-corrected chi connectivity index (χ3v) is 12.3. The molecule has 0 bridgehead atoms. The van der Waals surface area contributed by atoms with Gasteiger partial charge < -0.3 is 14.8 Å². The Kier molecular flexibility index (Phi) is 11.0. The fourth-order valence-electron chi connectivity index (χ4n) is 8.65. The van der Waals surface area contributed by atoms with E-state index in [0.717, 1.165) is 56.4 Å². The number of hydrogen-bond acceptors (Lipinski definition) is 6. The van der Waals surface area contributed by atoms with E-state index in [0.29, 0.717) is 19.4 Å². The van der Waals surface area contributed by atoms with Crippen molar-refractivity contribution in [3.63, 3.8) is 0 Å². The van der Waals surface area contributed by atoms with Crippen LogP contribution in [0, 0.1) is 6.92 Å². The summed E-state index contributed by atoms with van der Waals surface area (Å²) in [7, 11) is 1.79. The number of carbonyl (C=O) groups excluding carboxylic acids is 3. The van der Waals surface area contributed by atoms with Gasteiger partial charge in [-0.1, -0.05) is 36.4 Å². The van der Waals surface area contributed by atoms with E-state index in [9.17, 15) is 27.4 Å². The summed E-state index contributed by atoms with van der Waals surface area (Å²) in [6.07, 6.45) is 15.4. The van der Waals surface area contributed by atoms with Crippen molar-refractivity contribution < 1.29 is 31.9 Å². The zero-order valence-corrected chi connectivity index (χ0v) is 34.7. The Morgan fingerprint density at radius 3 is 2.38 bits per heavy atom. The van der Waals surface area contributed by atoms with E-state index in [-0.39, 0.29) is 35.7 Å². The number of amides is 3. The van der Waals surface area contributed by atoms with Crippen LogP contribution in [-0.4, -0.2) is 84.2 Å². The molecule has 7 rings (SSSR count). The van der Waals surface area contributed by atoms with Crippen LogP contribution in [0.2, 0.25) is 0 Å². The summed E-state index contributed by atoms with van der Waals surface area (Å²) in [5, 5.41) is 9.28. The molecule has 1 aromatic heterocycles. The highest BCUT2D eigenvalue weighted by atomic mass is 32.2. The van der Waals surface area contributed by atoms with Crippen LogP contribution in [0.25, 0.3) is 38.5 Å². The van der Waals surface area contributed by atoms with E-state index in [1.54, 1.807) is 6.07 Å². The van der Waals surface area contributed by atoms with E-state index in [2.05, 4.69) is 109 Å². The standard InChI is InChI=1S/C46H49N5O6S/c1-30-28-31(58(55,56)57)29-35-32(30)19-20-39-45(35)46(2,3)40(50(39)26-12-8-11-18-41(52)47-25-27-51-42(53)23-24-43(51)54)17-10-7-9-16-37-34-15-13-14-33-36(48(4)5)21-22-38(44(33)34)49(37)6/h7,9-10,13-17,19-24,28-29H,8,11-12,18,25-27H2,1-6H3,(H-,47,52,55,56,57)/p+1. The van der Waals surface area contributed by atoms with Gasteiger partial charge in [0.2, 0.25) is 11.6 Å². The molecule has 2 N–H and O–H groups in total. The molecule has 0 atom stereocenters. The van der Waals surface area contributed by atoms with Crippen molar-refractivity contribution >= 4 is 83.4 Å². The van der Waals surface area contributed by atoms with Gasteiger partial charge in [0, 0.05) is 110 Å². The number of hydrogen-bond donors (Lipinski definition) is 2.